The number of anilines is 2. The molecule has 0 aliphatic carbocycles. The number of aromatic nitrogens is 4. The third-order valence-electron chi connectivity index (χ3n) is 6.65. The van der Waals surface area contributed by atoms with Crippen LogP contribution in [0, 0.1) is 0 Å². The van der Waals surface area contributed by atoms with Gasteiger partial charge in [0.25, 0.3) is 18.3 Å². The van der Waals surface area contributed by atoms with E-state index in [-0.39, 0.29) is 146 Å². The number of ether oxygens (including phenoxy) is 2. The number of nitrogens with one attached hydrogen (secondary N) is 3. The van der Waals surface area contributed by atoms with Crippen molar-refractivity contribution in [1.82, 2.24) is 20.0 Å². The van der Waals surface area contributed by atoms with Gasteiger partial charge in [0.1, 0.15) is 11.9 Å². The van der Waals surface area contributed by atoms with Gasteiger partial charge in [-0.1, -0.05) is 84.2 Å². The molecule has 3 N–H and O–H groups in total. The zero-order valence-corrected chi connectivity index (χ0v) is 40.9. The molecule has 0 radical (unpaired) electrons. The zero-order chi connectivity index (χ0) is 38.8. The van der Waals surface area contributed by atoms with Gasteiger partial charge in [-0.2, -0.15) is 10.2 Å². The number of fused-ring (bicyclic) bond motifs is 2. The molecule has 0 aliphatic rings. The molecule has 0 spiro atoms. The summed E-state index contributed by atoms with van der Waals surface area (Å²) < 4.78 is 12.3. The van der Waals surface area contributed by atoms with Gasteiger partial charge in [0.2, 0.25) is 0 Å². The third-order valence-corrected chi connectivity index (χ3v) is 8.16. The van der Waals surface area contributed by atoms with Crippen molar-refractivity contribution in [3.05, 3.63) is 117 Å². The van der Waals surface area contributed by atoms with Crippen molar-refractivity contribution >= 4 is 111 Å². The Kier molecular flexibility index (Phi) is 25.4. The molecule has 0 aliphatic heterocycles. The first kappa shape index (κ1) is 50.9. The zero-order valence-electron chi connectivity index (χ0n) is 30.9. The molecule has 15 nitrogen and oxygen atoms in total. The van der Waals surface area contributed by atoms with Crippen molar-refractivity contribution in [2.24, 2.45) is 0 Å². The maximum Gasteiger partial charge on any atom is 1.00 e. The summed E-state index contributed by atoms with van der Waals surface area (Å²) >= 11 is 9.60. The van der Waals surface area contributed by atoms with E-state index in [2.05, 4.69) is 88.1 Å². The van der Waals surface area contributed by atoms with Crippen LogP contribution in [0.4, 0.5) is 11.4 Å². The average Bonchev–Trinajstić information content (AvgIpc) is 3.79. The smallest absolute Gasteiger partial charge is 1.00 e. The van der Waals surface area contributed by atoms with Crippen LogP contribution >= 0.6 is 47.8 Å². The molecule has 0 bridgehead atoms. The van der Waals surface area contributed by atoms with E-state index >= 15 is 0 Å². The summed E-state index contributed by atoms with van der Waals surface area (Å²) in [5.41, 5.74) is 3.61. The van der Waals surface area contributed by atoms with Gasteiger partial charge in [0.05, 0.1) is 25.3 Å². The SMILES string of the molecule is COC(=O)CBr.COC(=O)Cn1nc(C(=O)Nc2ccc(Br)cc2)c2ccccc21.O=C(Nc1ccc(Br)cc1)c1n[nH]c2ccccc12.O=CO[O-].[H-].[K+].[K+]. The number of methoxy groups -OCH3 is 2. The van der Waals surface area contributed by atoms with E-state index in [1.165, 1.54) is 18.9 Å². The number of para-hydroxylation sites is 2. The van der Waals surface area contributed by atoms with Crippen molar-refractivity contribution in [2.75, 3.05) is 30.2 Å². The summed E-state index contributed by atoms with van der Waals surface area (Å²) in [6.45, 7) is -0.234. The number of amides is 2. The van der Waals surface area contributed by atoms with Crippen molar-refractivity contribution in [2.45, 2.75) is 6.54 Å². The van der Waals surface area contributed by atoms with Crippen LogP contribution in [-0.4, -0.2) is 69.8 Å². The first-order valence-corrected chi connectivity index (χ1v) is 17.7. The maximum absolute atomic E-state index is 12.6. The van der Waals surface area contributed by atoms with Crippen LogP contribution in [0.1, 0.15) is 22.4 Å². The van der Waals surface area contributed by atoms with Crippen LogP contribution in [0.25, 0.3) is 21.8 Å². The molecular weight excluding hydrogens is 966 g/mol. The van der Waals surface area contributed by atoms with Crippen LogP contribution in [0.3, 0.4) is 0 Å². The number of aromatic amines is 1. The fourth-order valence-electron chi connectivity index (χ4n) is 4.24. The van der Waals surface area contributed by atoms with Gasteiger partial charge in [0, 0.05) is 31.1 Å². The van der Waals surface area contributed by atoms with Crippen LogP contribution in [0.5, 0.6) is 0 Å². The molecule has 20 heteroatoms. The van der Waals surface area contributed by atoms with Gasteiger partial charge in [0.15, 0.2) is 11.4 Å². The van der Waals surface area contributed by atoms with Crippen molar-refractivity contribution in [3.63, 3.8) is 0 Å². The number of H-pyrrole nitrogens is 1. The van der Waals surface area contributed by atoms with Gasteiger partial charge in [-0.05, 0) is 60.7 Å². The minimum atomic E-state index is -0.428. The molecule has 6 rings (SSSR count). The summed E-state index contributed by atoms with van der Waals surface area (Å²) in [5.74, 6) is -1.23. The predicted octanol–water partition coefficient (Wildman–Crippen LogP) is -0.0887. The van der Waals surface area contributed by atoms with Gasteiger partial charge in [-0.25, -0.2) is 0 Å². The van der Waals surface area contributed by atoms with E-state index in [4.69, 9.17) is 10.1 Å². The Morgan fingerprint density at radius 3 is 1.71 bits per heavy atom. The number of rotatable bonds is 8. The Bertz CT molecular complexity index is 2150. The van der Waals surface area contributed by atoms with E-state index in [0.29, 0.717) is 22.3 Å². The molecule has 55 heavy (non-hydrogen) atoms. The van der Waals surface area contributed by atoms with Gasteiger partial charge < -0.3 is 31.7 Å². The largest absolute Gasteiger partial charge is 1.00 e. The molecule has 0 saturated carbocycles. The Hall–Kier alpha value is -2.16. The molecular formula is C35H31Br3K2N6O9. The van der Waals surface area contributed by atoms with Gasteiger partial charge >= 0.3 is 115 Å². The second kappa shape index (κ2) is 27.5. The molecule has 0 saturated heterocycles. The molecule has 0 fully saturated rings. The summed E-state index contributed by atoms with van der Waals surface area (Å²) in [5, 5.41) is 27.0. The van der Waals surface area contributed by atoms with Crippen molar-refractivity contribution in [1.29, 1.82) is 0 Å². The van der Waals surface area contributed by atoms with E-state index < -0.39 is 5.97 Å². The number of hydrogen-bond acceptors (Lipinski definition) is 11. The minimum absolute atomic E-state index is 0. The van der Waals surface area contributed by atoms with E-state index in [0.717, 1.165) is 25.5 Å². The number of halogens is 3. The summed E-state index contributed by atoms with van der Waals surface area (Å²) in [6.07, 6.45) is 0. The number of carbonyl (C=O) groups excluding carboxylic acids is 5. The molecule has 2 heterocycles. The number of hydrogen-bond donors (Lipinski definition) is 3. The molecule has 6 aromatic rings. The van der Waals surface area contributed by atoms with E-state index in [9.17, 15) is 19.2 Å². The van der Waals surface area contributed by atoms with E-state index in [1.807, 2.05) is 78.9 Å². The summed E-state index contributed by atoms with van der Waals surface area (Å²) in [6, 6.07) is 29.5. The Balaban J connectivity index is 0.000000846. The number of benzene rings is 4. The van der Waals surface area contributed by atoms with Crippen LogP contribution < -0.4 is 119 Å². The quantitative estimate of drug-likeness (QED) is 0.0459. The number of carbonyl (C=O) groups is 5. The minimum Gasteiger partial charge on any atom is -1.00 e. The van der Waals surface area contributed by atoms with Crippen LogP contribution in [0.15, 0.2) is 106 Å². The Morgan fingerprint density at radius 1 is 0.764 bits per heavy atom. The standard InChI is InChI=1S/C17H14BrN3O3.C14H10BrN3O.C3H5BrO2.CH2O3.2K.H/c1-24-15(22)10-21-14-5-3-2-4-13(14)16(20-21)17(23)19-12-8-6-11(18)7-9-12;15-9-5-7-10(8-6-9)16-14(19)13-11-3-1-2-4-12(11)17-18-13;1-6-3(5)2-4;2-1-4-3;;;/h2-9H,10H2,1H3,(H,19,23);1-8H,(H,16,19)(H,17,18);2H2,1H3;1,3H;;;/q;;;;2*+1;-1/p-1. The average molecular weight is 998 g/mol. The molecule has 0 unspecified atom stereocenters. The number of esters is 2. The molecule has 278 valence electrons. The molecule has 0 atom stereocenters. The summed E-state index contributed by atoms with van der Waals surface area (Å²) in [7, 11) is 2.67. The van der Waals surface area contributed by atoms with E-state index in [1.54, 1.807) is 18.2 Å². The fraction of sp³-hybridized carbons (Fsp3) is 0.114. The normalized spacial score (nSPS) is 9.49. The van der Waals surface area contributed by atoms with Gasteiger partial charge in [-0.3, -0.25) is 33.8 Å². The maximum atomic E-state index is 12.6. The van der Waals surface area contributed by atoms with Crippen molar-refractivity contribution in [3.8, 4) is 0 Å². The van der Waals surface area contributed by atoms with Crippen LogP contribution in [0.2, 0.25) is 0 Å². The topological polar surface area (TPSA) is 207 Å². The second-order valence-corrected chi connectivity index (χ2v) is 12.4. The number of alkyl halides is 1. The predicted molar refractivity (Wildman–Crippen MR) is 206 cm³/mol. The number of nitrogens with zero attached hydrogens (tertiary/aromatic N) is 3. The Labute approximate surface area is 426 Å². The fourth-order valence-corrected chi connectivity index (χ4v) is 5.00. The molecule has 4 aromatic carbocycles. The molecule has 2 amide bonds. The monoisotopic (exact) mass is 994 g/mol. The molecule has 2 aromatic heterocycles. The van der Waals surface area contributed by atoms with Crippen molar-refractivity contribution < 1.29 is 148 Å². The first-order chi connectivity index (χ1) is 25.5. The van der Waals surface area contributed by atoms with Gasteiger partial charge in [-0.15, -0.1) is 0 Å². The second-order valence-electron chi connectivity index (χ2n) is 10.0. The third kappa shape index (κ3) is 16.7. The first-order valence-electron chi connectivity index (χ1n) is 15.0. The van der Waals surface area contributed by atoms with Crippen LogP contribution in [-0.2, 0) is 35.3 Å². The summed E-state index contributed by atoms with van der Waals surface area (Å²) in [4.78, 5) is 57.4. The Morgan fingerprint density at radius 2 is 1.24 bits per heavy atom.